The van der Waals surface area contributed by atoms with Gasteiger partial charge in [-0.25, -0.2) is 0 Å². The Kier molecular flexibility index (Phi) is 5.41. The summed E-state index contributed by atoms with van der Waals surface area (Å²) < 4.78 is 1.67. The van der Waals surface area contributed by atoms with Gasteiger partial charge < -0.3 is 16.0 Å². The van der Waals surface area contributed by atoms with Crippen molar-refractivity contribution in [2.75, 3.05) is 18.0 Å². The zero-order chi connectivity index (χ0) is 17.0. The minimum absolute atomic E-state index is 0.0734. The van der Waals surface area contributed by atoms with Gasteiger partial charge in [0.15, 0.2) is 0 Å². The van der Waals surface area contributed by atoms with Crippen molar-refractivity contribution in [3.8, 4) is 0 Å². The molecule has 0 spiro atoms. The normalized spacial score (nSPS) is 19.0. The molecule has 0 aliphatic carbocycles. The standard InChI is InChI=1S/C16H27N5O2/c1-4-16(5-2,11-17)15(23)19-13-7-6-8-21(14(13)22)12-9-18-20(3)10-12/h9-10,13H,4-8,11,17H2,1-3H3,(H,19,23). The largest absolute Gasteiger partial charge is 0.344 e. The SMILES string of the molecule is CCC(CC)(CN)C(=O)NC1CCCN(c2cnn(C)c2)C1=O. The number of hydrogen-bond acceptors (Lipinski definition) is 4. The van der Waals surface area contributed by atoms with Gasteiger partial charge in [-0.3, -0.25) is 14.3 Å². The van der Waals surface area contributed by atoms with E-state index in [9.17, 15) is 9.59 Å². The molecule has 3 N–H and O–H groups in total. The number of nitrogens with two attached hydrogens (primary N) is 1. The molecule has 0 aromatic carbocycles. The third-order valence-electron chi connectivity index (χ3n) is 4.97. The van der Waals surface area contributed by atoms with E-state index in [2.05, 4.69) is 10.4 Å². The van der Waals surface area contributed by atoms with Gasteiger partial charge in [0.2, 0.25) is 11.8 Å². The van der Waals surface area contributed by atoms with E-state index in [4.69, 9.17) is 5.73 Å². The van der Waals surface area contributed by atoms with E-state index >= 15 is 0 Å². The Morgan fingerprint density at radius 1 is 1.48 bits per heavy atom. The van der Waals surface area contributed by atoms with Gasteiger partial charge in [0.05, 0.1) is 17.3 Å². The molecule has 0 radical (unpaired) electrons. The monoisotopic (exact) mass is 321 g/mol. The van der Waals surface area contributed by atoms with Crippen LogP contribution in [0.4, 0.5) is 5.69 Å². The lowest BCUT2D eigenvalue weighted by molar-refractivity contribution is -0.135. The summed E-state index contributed by atoms with van der Waals surface area (Å²) >= 11 is 0. The minimum Gasteiger partial charge on any atom is -0.344 e. The van der Waals surface area contributed by atoms with Gasteiger partial charge in [-0.15, -0.1) is 0 Å². The third-order valence-corrected chi connectivity index (χ3v) is 4.97. The van der Waals surface area contributed by atoms with Gasteiger partial charge in [0.1, 0.15) is 6.04 Å². The number of carbonyl (C=O) groups excluding carboxylic acids is 2. The molecular formula is C16H27N5O2. The molecule has 7 heteroatoms. The van der Waals surface area contributed by atoms with Crippen LogP contribution in [0.25, 0.3) is 0 Å². The molecule has 2 heterocycles. The lowest BCUT2D eigenvalue weighted by atomic mass is 9.81. The lowest BCUT2D eigenvalue weighted by Crippen LogP contribution is -2.56. The topological polar surface area (TPSA) is 93.2 Å². The highest BCUT2D eigenvalue weighted by molar-refractivity contribution is 6.00. The number of piperidine rings is 1. The first-order chi connectivity index (χ1) is 11.0. The summed E-state index contributed by atoms with van der Waals surface area (Å²) in [4.78, 5) is 27.0. The molecule has 1 aliphatic heterocycles. The summed E-state index contributed by atoms with van der Waals surface area (Å²) in [5, 5.41) is 7.04. The van der Waals surface area contributed by atoms with Crippen LogP contribution in [-0.4, -0.2) is 40.7 Å². The molecule has 0 saturated carbocycles. The Morgan fingerprint density at radius 2 is 2.17 bits per heavy atom. The van der Waals surface area contributed by atoms with Gasteiger partial charge >= 0.3 is 0 Å². The van der Waals surface area contributed by atoms with Crippen molar-refractivity contribution in [1.29, 1.82) is 0 Å². The maximum atomic E-state index is 12.7. The van der Waals surface area contributed by atoms with Crippen molar-refractivity contribution in [1.82, 2.24) is 15.1 Å². The van der Waals surface area contributed by atoms with Crippen LogP contribution in [0.3, 0.4) is 0 Å². The van der Waals surface area contributed by atoms with E-state index in [-0.39, 0.29) is 11.8 Å². The van der Waals surface area contributed by atoms with Crippen LogP contribution in [0.5, 0.6) is 0 Å². The number of aryl methyl sites for hydroxylation is 1. The van der Waals surface area contributed by atoms with Gasteiger partial charge in [0, 0.05) is 26.3 Å². The van der Waals surface area contributed by atoms with Gasteiger partial charge in [0.25, 0.3) is 0 Å². The summed E-state index contributed by atoms with van der Waals surface area (Å²) in [6, 6.07) is -0.486. The number of nitrogens with one attached hydrogen (secondary N) is 1. The van der Waals surface area contributed by atoms with Crippen LogP contribution < -0.4 is 16.0 Å². The molecule has 0 bridgehead atoms. The second-order valence-corrected chi connectivity index (χ2v) is 6.22. The molecule has 2 rings (SSSR count). The van der Waals surface area contributed by atoms with Crippen molar-refractivity contribution in [2.45, 2.75) is 45.6 Å². The zero-order valence-electron chi connectivity index (χ0n) is 14.2. The molecular weight excluding hydrogens is 294 g/mol. The molecule has 1 aromatic heterocycles. The van der Waals surface area contributed by atoms with Crippen LogP contribution in [-0.2, 0) is 16.6 Å². The summed E-state index contributed by atoms with van der Waals surface area (Å²) in [5.41, 5.74) is 6.01. The summed E-state index contributed by atoms with van der Waals surface area (Å²) in [6.45, 7) is 4.86. The molecule has 1 aromatic rings. The van der Waals surface area contributed by atoms with Crippen LogP contribution in [0.2, 0.25) is 0 Å². The van der Waals surface area contributed by atoms with E-state index in [0.29, 0.717) is 32.4 Å². The van der Waals surface area contributed by atoms with E-state index in [1.807, 2.05) is 27.1 Å². The Balaban J connectivity index is 2.11. The quantitative estimate of drug-likeness (QED) is 0.810. The number of anilines is 1. The maximum absolute atomic E-state index is 12.7. The Hall–Kier alpha value is -1.89. The smallest absolute Gasteiger partial charge is 0.249 e. The number of nitrogens with zero attached hydrogens (tertiary/aromatic N) is 3. The first kappa shape index (κ1) is 17.5. The second-order valence-electron chi connectivity index (χ2n) is 6.22. The number of rotatable bonds is 6. The highest BCUT2D eigenvalue weighted by atomic mass is 16.2. The fraction of sp³-hybridized carbons (Fsp3) is 0.688. The fourth-order valence-corrected chi connectivity index (χ4v) is 3.08. The molecule has 1 aliphatic rings. The number of aromatic nitrogens is 2. The molecule has 1 fully saturated rings. The van der Waals surface area contributed by atoms with Crippen LogP contribution in [0.15, 0.2) is 12.4 Å². The molecule has 2 amide bonds. The third kappa shape index (κ3) is 3.39. The zero-order valence-corrected chi connectivity index (χ0v) is 14.2. The van der Waals surface area contributed by atoms with Crippen molar-refractivity contribution in [3.05, 3.63) is 12.4 Å². The van der Waals surface area contributed by atoms with Gasteiger partial charge in [-0.1, -0.05) is 13.8 Å². The second kappa shape index (κ2) is 7.12. The molecule has 1 saturated heterocycles. The Morgan fingerprint density at radius 3 is 2.70 bits per heavy atom. The van der Waals surface area contributed by atoms with Gasteiger partial charge in [-0.2, -0.15) is 5.10 Å². The van der Waals surface area contributed by atoms with E-state index in [0.717, 1.165) is 12.1 Å². The Labute approximate surface area is 137 Å². The van der Waals surface area contributed by atoms with E-state index in [1.54, 1.807) is 15.8 Å². The molecule has 7 nitrogen and oxygen atoms in total. The predicted octanol–water partition coefficient (Wildman–Crippen LogP) is 0.797. The molecule has 1 atom stereocenters. The predicted molar refractivity (Wildman–Crippen MR) is 88.8 cm³/mol. The molecule has 23 heavy (non-hydrogen) atoms. The Bertz CT molecular complexity index is 556. The van der Waals surface area contributed by atoms with E-state index < -0.39 is 11.5 Å². The average molecular weight is 321 g/mol. The number of carbonyl (C=O) groups is 2. The molecule has 128 valence electrons. The summed E-state index contributed by atoms with van der Waals surface area (Å²) in [6.07, 6.45) is 6.32. The van der Waals surface area contributed by atoms with Crippen molar-refractivity contribution >= 4 is 17.5 Å². The van der Waals surface area contributed by atoms with E-state index in [1.165, 1.54) is 0 Å². The molecule has 1 unspecified atom stereocenters. The average Bonchev–Trinajstić information content (AvgIpc) is 2.98. The maximum Gasteiger partial charge on any atom is 0.249 e. The van der Waals surface area contributed by atoms with Crippen LogP contribution in [0, 0.1) is 5.41 Å². The fourth-order valence-electron chi connectivity index (χ4n) is 3.08. The summed E-state index contributed by atoms with van der Waals surface area (Å²) in [5.74, 6) is -0.188. The van der Waals surface area contributed by atoms with Crippen molar-refractivity contribution in [3.63, 3.8) is 0 Å². The highest BCUT2D eigenvalue weighted by Gasteiger charge is 2.38. The van der Waals surface area contributed by atoms with Crippen LogP contribution >= 0.6 is 0 Å². The number of amides is 2. The number of hydrogen-bond donors (Lipinski definition) is 2. The van der Waals surface area contributed by atoms with Crippen LogP contribution in [0.1, 0.15) is 39.5 Å². The minimum atomic E-state index is -0.586. The van der Waals surface area contributed by atoms with Gasteiger partial charge in [-0.05, 0) is 25.7 Å². The first-order valence-electron chi connectivity index (χ1n) is 8.28. The van der Waals surface area contributed by atoms with Crippen molar-refractivity contribution in [2.24, 2.45) is 18.2 Å². The first-order valence-corrected chi connectivity index (χ1v) is 8.28. The lowest BCUT2D eigenvalue weighted by Gasteiger charge is -2.35. The van der Waals surface area contributed by atoms with Crippen molar-refractivity contribution < 1.29 is 9.59 Å². The highest BCUT2D eigenvalue weighted by Crippen LogP contribution is 2.26. The summed E-state index contributed by atoms with van der Waals surface area (Å²) in [7, 11) is 1.81.